The summed E-state index contributed by atoms with van der Waals surface area (Å²) in [6.07, 6.45) is 12.1. The highest BCUT2D eigenvalue weighted by Crippen LogP contribution is 2.57. The quantitative estimate of drug-likeness (QED) is 0.272. The molecule has 1 N–H and O–H groups in total. The molecule has 0 aromatic heterocycles. The maximum absolute atomic E-state index is 13.1. The van der Waals surface area contributed by atoms with E-state index in [0.29, 0.717) is 11.3 Å². The van der Waals surface area contributed by atoms with Gasteiger partial charge in [0.05, 0.1) is 0 Å². The molecule has 0 amide bonds. The van der Waals surface area contributed by atoms with Gasteiger partial charge in [-0.2, -0.15) is 8.42 Å². The van der Waals surface area contributed by atoms with E-state index >= 15 is 0 Å². The molecule has 2 fully saturated rings. The van der Waals surface area contributed by atoms with Crippen molar-refractivity contribution in [2.45, 2.75) is 80.4 Å². The predicted octanol–water partition coefficient (Wildman–Crippen LogP) is 8.04. The molecule has 0 unspecified atom stereocenters. The summed E-state index contributed by atoms with van der Waals surface area (Å²) in [5.41, 5.74) is 4.86. The summed E-state index contributed by atoms with van der Waals surface area (Å²) in [5, 5.41) is 0.923. The molecule has 3 aromatic rings. The number of benzene rings is 3. The van der Waals surface area contributed by atoms with Gasteiger partial charge in [-0.05, 0) is 71.4 Å². The number of hydrogen-bond donors (Lipinski definition) is 1. The monoisotopic (exact) mass is 506 g/mol. The van der Waals surface area contributed by atoms with Gasteiger partial charge < -0.3 is 0 Å². The lowest BCUT2D eigenvalue weighted by atomic mass is 9.98. The second-order valence-electron chi connectivity index (χ2n) is 10.1. The first-order valence-corrected chi connectivity index (χ1v) is 16.0. The third-order valence-corrected chi connectivity index (χ3v) is 12.4. The fourth-order valence-corrected chi connectivity index (χ4v) is 11.3. The summed E-state index contributed by atoms with van der Waals surface area (Å²) < 4.78 is 36.8. The second kappa shape index (κ2) is 10.9. The zero-order chi connectivity index (χ0) is 24.3. The van der Waals surface area contributed by atoms with Gasteiger partial charge in [-0.25, -0.2) is 0 Å². The Bertz CT molecular complexity index is 1210. The van der Waals surface area contributed by atoms with Gasteiger partial charge in [0.25, 0.3) is 10.1 Å². The maximum atomic E-state index is 13.1. The molecule has 0 bridgehead atoms. The third-order valence-electron chi connectivity index (χ3n) is 7.74. The highest BCUT2D eigenvalue weighted by molar-refractivity contribution is 7.87. The fraction of sp³-hybridized carbons (Fsp3) is 0.400. The van der Waals surface area contributed by atoms with Crippen LogP contribution in [0.5, 0.6) is 0 Å². The minimum absolute atomic E-state index is 0.139. The van der Waals surface area contributed by atoms with Crippen molar-refractivity contribution < 1.29 is 13.0 Å². The molecule has 2 aliphatic rings. The van der Waals surface area contributed by atoms with Crippen molar-refractivity contribution in [2.24, 2.45) is 0 Å². The van der Waals surface area contributed by atoms with E-state index in [0.717, 1.165) is 27.6 Å². The van der Waals surface area contributed by atoms with Crippen LogP contribution in [0.25, 0.3) is 22.3 Å². The largest absolute Gasteiger partial charge is 0.295 e. The van der Waals surface area contributed by atoms with Crippen LogP contribution >= 0.6 is 7.92 Å². The zero-order valence-corrected chi connectivity index (χ0v) is 22.0. The van der Waals surface area contributed by atoms with Gasteiger partial charge in [-0.15, -0.1) is 0 Å². The summed E-state index contributed by atoms with van der Waals surface area (Å²) in [7, 11) is -5.14. The van der Waals surface area contributed by atoms with E-state index in [2.05, 4.69) is 18.2 Å². The van der Waals surface area contributed by atoms with E-state index in [-0.39, 0.29) is 4.90 Å². The minimum Gasteiger partial charge on any atom is -0.282 e. The molecule has 5 heteroatoms. The van der Waals surface area contributed by atoms with Gasteiger partial charge in [0.2, 0.25) is 0 Å². The summed E-state index contributed by atoms with van der Waals surface area (Å²) in [6.45, 7) is 0. The molecule has 0 spiro atoms. The summed E-state index contributed by atoms with van der Waals surface area (Å²) in [5.74, 6) is 0. The third kappa shape index (κ3) is 5.56. The topological polar surface area (TPSA) is 54.4 Å². The zero-order valence-electron chi connectivity index (χ0n) is 20.3. The maximum Gasteiger partial charge on any atom is 0.295 e. The van der Waals surface area contributed by atoms with Crippen molar-refractivity contribution in [3.63, 3.8) is 0 Å². The molecule has 0 atom stereocenters. The Labute approximate surface area is 211 Å². The van der Waals surface area contributed by atoms with E-state index in [1.807, 2.05) is 48.5 Å². The van der Waals surface area contributed by atoms with Crippen molar-refractivity contribution in [1.82, 2.24) is 0 Å². The van der Waals surface area contributed by atoms with Crippen LogP contribution in [-0.2, 0) is 10.1 Å². The Morgan fingerprint density at radius 2 is 1.11 bits per heavy atom. The number of hydrogen-bond acceptors (Lipinski definition) is 2. The molecule has 35 heavy (non-hydrogen) atoms. The fourth-order valence-electron chi connectivity index (χ4n) is 6.09. The van der Waals surface area contributed by atoms with Crippen LogP contribution in [0.3, 0.4) is 0 Å². The van der Waals surface area contributed by atoms with Crippen molar-refractivity contribution in [3.8, 4) is 22.3 Å². The van der Waals surface area contributed by atoms with Gasteiger partial charge in [-0.1, -0.05) is 107 Å². The lowest BCUT2D eigenvalue weighted by Crippen LogP contribution is -2.30. The van der Waals surface area contributed by atoms with Crippen LogP contribution < -0.4 is 5.30 Å². The lowest BCUT2D eigenvalue weighted by Gasteiger charge is -2.40. The summed E-state index contributed by atoms with van der Waals surface area (Å²) >= 11 is 0. The molecule has 184 valence electrons. The molecule has 0 aliphatic heterocycles. The van der Waals surface area contributed by atoms with Gasteiger partial charge >= 0.3 is 0 Å². The SMILES string of the molecule is O=S(=O)(O)c1cc(-c2ccccc2)cc(-c2ccccc2)c1P(C1CCCCC1)C1CCCCC1. The number of rotatable bonds is 6. The highest BCUT2D eigenvalue weighted by Gasteiger charge is 2.37. The molecule has 2 saturated carbocycles. The van der Waals surface area contributed by atoms with Crippen LogP contribution in [0.15, 0.2) is 77.7 Å². The van der Waals surface area contributed by atoms with Crippen molar-refractivity contribution in [3.05, 3.63) is 72.8 Å². The molecular formula is C30H35O3PS. The smallest absolute Gasteiger partial charge is 0.282 e. The van der Waals surface area contributed by atoms with Crippen LogP contribution in [0.4, 0.5) is 0 Å². The Morgan fingerprint density at radius 3 is 1.60 bits per heavy atom. The van der Waals surface area contributed by atoms with E-state index < -0.39 is 18.0 Å². The van der Waals surface area contributed by atoms with Crippen molar-refractivity contribution in [2.75, 3.05) is 0 Å². The van der Waals surface area contributed by atoms with Gasteiger partial charge in [0, 0.05) is 5.30 Å². The normalized spacial score (nSPS) is 18.1. The van der Waals surface area contributed by atoms with Crippen LogP contribution in [-0.4, -0.2) is 24.3 Å². The van der Waals surface area contributed by atoms with E-state index in [1.165, 1.54) is 64.2 Å². The first kappa shape index (κ1) is 24.7. The summed E-state index contributed by atoms with van der Waals surface area (Å²) in [4.78, 5) is 0.139. The van der Waals surface area contributed by atoms with Crippen LogP contribution in [0.1, 0.15) is 64.2 Å². The van der Waals surface area contributed by atoms with Crippen LogP contribution in [0, 0.1) is 0 Å². The first-order chi connectivity index (χ1) is 17.0. The molecule has 0 saturated heterocycles. The van der Waals surface area contributed by atoms with Gasteiger partial charge in [0.15, 0.2) is 0 Å². The van der Waals surface area contributed by atoms with Crippen LogP contribution in [0.2, 0.25) is 0 Å². The standard InChI is InChI=1S/C30H35O3PS/c31-35(32,33)29-22-25(23-13-5-1-6-14-23)21-28(24-15-7-2-8-16-24)30(29)34(26-17-9-3-10-18-26)27-19-11-4-12-20-27/h1-2,5-8,13-16,21-22,26-27H,3-4,9-12,17-20H2,(H,31,32,33). The van der Waals surface area contributed by atoms with Crippen molar-refractivity contribution >= 4 is 23.3 Å². The Morgan fingerprint density at radius 1 is 0.629 bits per heavy atom. The Kier molecular flexibility index (Phi) is 7.72. The van der Waals surface area contributed by atoms with Gasteiger partial charge in [0.1, 0.15) is 4.90 Å². The van der Waals surface area contributed by atoms with E-state index in [1.54, 1.807) is 6.07 Å². The lowest BCUT2D eigenvalue weighted by molar-refractivity contribution is 0.482. The molecule has 0 heterocycles. The molecule has 3 nitrogen and oxygen atoms in total. The van der Waals surface area contributed by atoms with Crippen molar-refractivity contribution in [1.29, 1.82) is 0 Å². The van der Waals surface area contributed by atoms with E-state index in [9.17, 15) is 13.0 Å². The average Bonchev–Trinajstić information content (AvgIpc) is 2.90. The highest BCUT2D eigenvalue weighted by atomic mass is 32.2. The summed E-state index contributed by atoms with van der Waals surface area (Å²) in [6, 6.07) is 24.0. The molecule has 3 aromatic carbocycles. The molecule has 2 aliphatic carbocycles. The van der Waals surface area contributed by atoms with E-state index in [4.69, 9.17) is 0 Å². The van der Waals surface area contributed by atoms with Gasteiger partial charge in [-0.3, -0.25) is 4.55 Å². The Hall–Kier alpha value is -2.00. The molecule has 0 radical (unpaired) electrons. The second-order valence-corrected chi connectivity index (χ2v) is 14.2. The Balaban J connectivity index is 1.79. The molecule has 5 rings (SSSR count). The predicted molar refractivity (Wildman–Crippen MR) is 147 cm³/mol. The first-order valence-electron chi connectivity index (χ1n) is 13.1. The molecular weight excluding hydrogens is 471 g/mol. The average molecular weight is 507 g/mol. The minimum atomic E-state index is -4.40.